The summed E-state index contributed by atoms with van der Waals surface area (Å²) in [6, 6.07) is 26.5. The number of anilines is 1. The number of amides is 1. The second kappa shape index (κ2) is 9.70. The van der Waals surface area contributed by atoms with Crippen molar-refractivity contribution >= 4 is 11.6 Å². The molecule has 3 aromatic rings. The van der Waals surface area contributed by atoms with Gasteiger partial charge in [-0.3, -0.25) is 14.6 Å². The van der Waals surface area contributed by atoms with E-state index in [9.17, 15) is 4.79 Å². The Morgan fingerprint density at radius 1 is 0.733 bits per heavy atom. The van der Waals surface area contributed by atoms with Crippen LogP contribution < -0.4 is 5.32 Å². The van der Waals surface area contributed by atoms with Crippen molar-refractivity contribution in [1.29, 1.82) is 0 Å². The fraction of sp³-hybridized carbons (Fsp3) is 0.269. The molecule has 1 amide bonds. The van der Waals surface area contributed by atoms with E-state index in [2.05, 4.69) is 57.6 Å². The lowest BCUT2D eigenvalue weighted by atomic mass is 10.1. The van der Waals surface area contributed by atoms with Gasteiger partial charge in [0.2, 0.25) is 0 Å². The number of aryl methyl sites for hydroxylation is 1. The number of hydrogen-bond acceptors (Lipinski definition) is 3. The van der Waals surface area contributed by atoms with Crippen LogP contribution in [0.3, 0.4) is 0 Å². The van der Waals surface area contributed by atoms with Gasteiger partial charge in [0.15, 0.2) is 0 Å². The number of hydrogen-bond donors (Lipinski definition) is 1. The molecule has 1 aliphatic rings. The Labute approximate surface area is 179 Å². The minimum absolute atomic E-state index is 0.0695. The first-order valence-electron chi connectivity index (χ1n) is 10.6. The van der Waals surface area contributed by atoms with E-state index in [-0.39, 0.29) is 5.91 Å². The van der Waals surface area contributed by atoms with Crippen molar-refractivity contribution in [3.8, 4) is 0 Å². The predicted octanol–water partition coefficient (Wildman–Crippen LogP) is 4.57. The van der Waals surface area contributed by atoms with Crippen LogP contribution in [-0.2, 0) is 13.1 Å². The summed E-state index contributed by atoms with van der Waals surface area (Å²) in [4.78, 5) is 17.5. The zero-order chi connectivity index (χ0) is 20.8. The molecule has 3 aromatic carbocycles. The Kier molecular flexibility index (Phi) is 6.57. The number of carbonyl (C=O) groups excluding carboxylic acids is 1. The Morgan fingerprint density at radius 3 is 1.83 bits per heavy atom. The van der Waals surface area contributed by atoms with Crippen molar-refractivity contribution in [3.63, 3.8) is 0 Å². The highest BCUT2D eigenvalue weighted by Crippen LogP contribution is 2.14. The average Bonchev–Trinajstić information content (AvgIpc) is 2.78. The molecule has 0 aliphatic carbocycles. The zero-order valence-corrected chi connectivity index (χ0v) is 17.6. The topological polar surface area (TPSA) is 35.6 Å². The van der Waals surface area contributed by atoms with Crippen molar-refractivity contribution in [2.24, 2.45) is 0 Å². The third-order valence-electron chi connectivity index (χ3n) is 5.65. The highest BCUT2D eigenvalue weighted by molar-refractivity contribution is 6.04. The molecule has 4 rings (SSSR count). The van der Waals surface area contributed by atoms with Crippen molar-refractivity contribution < 1.29 is 4.79 Å². The van der Waals surface area contributed by atoms with Crippen LogP contribution >= 0.6 is 0 Å². The molecule has 0 aromatic heterocycles. The lowest BCUT2D eigenvalue weighted by Gasteiger charge is -2.34. The summed E-state index contributed by atoms with van der Waals surface area (Å²) in [5.74, 6) is -0.0695. The van der Waals surface area contributed by atoms with E-state index in [4.69, 9.17) is 0 Å². The molecule has 1 heterocycles. The molecule has 1 fully saturated rings. The van der Waals surface area contributed by atoms with Gasteiger partial charge in [0.25, 0.3) is 5.91 Å². The summed E-state index contributed by atoms with van der Waals surface area (Å²) >= 11 is 0. The maximum Gasteiger partial charge on any atom is 0.255 e. The molecule has 0 radical (unpaired) electrons. The highest BCUT2D eigenvalue weighted by atomic mass is 16.1. The molecule has 4 nitrogen and oxygen atoms in total. The van der Waals surface area contributed by atoms with Crippen LogP contribution in [0.1, 0.15) is 27.0 Å². The highest BCUT2D eigenvalue weighted by Gasteiger charge is 2.17. The third kappa shape index (κ3) is 5.56. The van der Waals surface area contributed by atoms with Crippen LogP contribution in [0.4, 0.5) is 5.69 Å². The van der Waals surface area contributed by atoms with Crippen LogP contribution in [0.5, 0.6) is 0 Å². The molecule has 0 bridgehead atoms. The Morgan fingerprint density at radius 2 is 1.27 bits per heavy atom. The average molecular weight is 400 g/mol. The summed E-state index contributed by atoms with van der Waals surface area (Å²) in [5, 5.41) is 2.96. The molecule has 154 valence electrons. The summed E-state index contributed by atoms with van der Waals surface area (Å²) < 4.78 is 0. The van der Waals surface area contributed by atoms with Gasteiger partial charge in [0.1, 0.15) is 0 Å². The number of rotatable bonds is 6. The van der Waals surface area contributed by atoms with Gasteiger partial charge in [0.05, 0.1) is 0 Å². The van der Waals surface area contributed by atoms with Gasteiger partial charge in [-0.15, -0.1) is 0 Å². The van der Waals surface area contributed by atoms with Crippen molar-refractivity contribution in [1.82, 2.24) is 9.80 Å². The largest absolute Gasteiger partial charge is 0.322 e. The maximum atomic E-state index is 12.5. The minimum Gasteiger partial charge on any atom is -0.322 e. The molecule has 1 saturated heterocycles. The lowest BCUT2D eigenvalue weighted by Crippen LogP contribution is -2.45. The molecule has 0 spiro atoms. The number of nitrogens with one attached hydrogen (secondary N) is 1. The minimum atomic E-state index is -0.0695. The number of nitrogens with zero attached hydrogens (tertiary/aromatic N) is 2. The quantitative estimate of drug-likeness (QED) is 0.660. The van der Waals surface area contributed by atoms with Gasteiger partial charge in [0, 0.05) is 50.5 Å². The zero-order valence-electron chi connectivity index (χ0n) is 17.6. The molecular formula is C26H29N3O. The molecule has 1 aliphatic heterocycles. The normalized spacial score (nSPS) is 15.1. The summed E-state index contributed by atoms with van der Waals surface area (Å²) in [6.07, 6.45) is 0. The summed E-state index contributed by atoms with van der Waals surface area (Å²) in [5.41, 5.74) is 5.32. The fourth-order valence-corrected chi connectivity index (χ4v) is 3.81. The molecule has 0 unspecified atom stereocenters. The van der Waals surface area contributed by atoms with Gasteiger partial charge in [-0.05, 0) is 42.3 Å². The van der Waals surface area contributed by atoms with Crippen LogP contribution in [0.2, 0.25) is 0 Å². The Bertz CT molecular complexity index is 944. The predicted molar refractivity (Wildman–Crippen MR) is 123 cm³/mol. The standard InChI is InChI=1S/C26H29N3O/c1-21-7-13-25(14-8-21)27-26(30)24-11-9-23(10-12-24)20-29-17-15-28(16-18-29)19-22-5-3-2-4-6-22/h2-14H,15-20H2,1H3,(H,27,30). The summed E-state index contributed by atoms with van der Waals surface area (Å²) in [7, 11) is 0. The van der Waals surface area contributed by atoms with Gasteiger partial charge < -0.3 is 5.32 Å². The number of carbonyl (C=O) groups is 1. The van der Waals surface area contributed by atoms with E-state index in [1.54, 1.807) is 0 Å². The molecule has 0 atom stereocenters. The van der Waals surface area contributed by atoms with E-state index < -0.39 is 0 Å². The van der Waals surface area contributed by atoms with Gasteiger partial charge in [-0.25, -0.2) is 0 Å². The first kappa shape index (κ1) is 20.3. The number of piperazine rings is 1. The lowest BCUT2D eigenvalue weighted by molar-refractivity contribution is 0.102. The molecule has 0 saturated carbocycles. The van der Waals surface area contributed by atoms with Gasteiger partial charge in [-0.2, -0.15) is 0 Å². The Hall–Kier alpha value is -2.95. The van der Waals surface area contributed by atoms with Crippen LogP contribution in [0.25, 0.3) is 0 Å². The second-order valence-electron chi connectivity index (χ2n) is 8.05. The first-order chi connectivity index (χ1) is 14.7. The van der Waals surface area contributed by atoms with Crippen LogP contribution in [-0.4, -0.2) is 41.9 Å². The van der Waals surface area contributed by atoms with Crippen molar-refractivity contribution in [2.75, 3.05) is 31.5 Å². The smallest absolute Gasteiger partial charge is 0.255 e. The number of benzene rings is 3. The van der Waals surface area contributed by atoms with Crippen LogP contribution in [0.15, 0.2) is 78.9 Å². The van der Waals surface area contributed by atoms with E-state index >= 15 is 0 Å². The van der Waals surface area contributed by atoms with Gasteiger partial charge >= 0.3 is 0 Å². The maximum absolute atomic E-state index is 12.5. The third-order valence-corrected chi connectivity index (χ3v) is 5.65. The van der Waals surface area contributed by atoms with Crippen molar-refractivity contribution in [3.05, 3.63) is 101 Å². The fourth-order valence-electron chi connectivity index (χ4n) is 3.81. The van der Waals surface area contributed by atoms with E-state index in [1.165, 1.54) is 16.7 Å². The molecule has 1 N–H and O–H groups in total. The first-order valence-corrected chi connectivity index (χ1v) is 10.6. The van der Waals surface area contributed by atoms with Crippen molar-refractivity contribution in [2.45, 2.75) is 20.0 Å². The molecular weight excluding hydrogens is 370 g/mol. The SMILES string of the molecule is Cc1ccc(NC(=O)c2ccc(CN3CCN(Cc4ccccc4)CC3)cc2)cc1. The summed E-state index contributed by atoms with van der Waals surface area (Å²) in [6.45, 7) is 8.31. The monoisotopic (exact) mass is 399 g/mol. The Balaban J connectivity index is 1.25. The molecule has 4 heteroatoms. The van der Waals surface area contributed by atoms with Crippen LogP contribution in [0, 0.1) is 6.92 Å². The van der Waals surface area contributed by atoms with E-state index in [0.717, 1.165) is 45.0 Å². The van der Waals surface area contributed by atoms with E-state index in [1.807, 2.05) is 43.3 Å². The van der Waals surface area contributed by atoms with E-state index in [0.29, 0.717) is 5.56 Å². The van der Waals surface area contributed by atoms with Gasteiger partial charge in [-0.1, -0.05) is 60.2 Å². The molecule has 30 heavy (non-hydrogen) atoms. The second-order valence-corrected chi connectivity index (χ2v) is 8.05.